The topological polar surface area (TPSA) is 65.1 Å². The Bertz CT molecular complexity index is 987. The van der Waals surface area contributed by atoms with Gasteiger partial charge in [-0.2, -0.15) is 0 Å². The highest BCUT2D eigenvalue weighted by molar-refractivity contribution is 8.18. The molecule has 6 nitrogen and oxygen atoms in total. The number of amides is 2. The van der Waals surface area contributed by atoms with Gasteiger partial charge >= 0.3 is 0 Å². The summed E-state index contributed by atoms with van der Waals surface area (Å²) in [5.74, 6) is 0.873. The van der Waals surface area contributed by atoms with Gasteiger partial charge in [0.15, 0.2) is 11.5 Å². The molecule has 31 heavy (non-hydrogen) atoms. The van der Waals surface area contributed by atoms with Gasteiger partial charge in [0.2, 0.25) is 0 Å². The second-order valence-electron chi connectivity index (χ2n) is 6.80. The third-order valence-corrected chi connectivity index (χ3v) is 5.56. The lowest BCUT2D eigenvalue weighted by atomic mass is 10.0. The molecule has 1 heterocycles. The number of methoxy groups -OCH3 is 2. The first-order valence-corrected chi connectivity index (χ1v) is 10.6. The number of carbonyl (C=O) groups excluding carboxylic acids is 2. The van der Waals surface area contributed by atoms with Crippen LogP contribution in [0.25, 0.3) is 6.08 Å². The minimum atomic E-state index is -0.319. The van der Waals surface area contributed by atoms with Crippen LogP contribution in [0, 0.1) is 0 Å². The summed E-state index contributed by atoms with van der Waals surface area (Å²) in [5.41, 5.74) is 2.68. The van der Waals surface area contributed by atoms with Gasteiger partial charge in [-0.15, -0.1) is 6.58 Å². The quantitative estimate of drug-likeness (QED) is 0.395. The predicted molar refractivity (Wildman–Crippen MR) is 122 cm³/mol. The molecule has 0 spiro atoms. The number of thioether (sulfide) groups is 1. The van der Waals surface area contributed by atoms with E-state index in [1.165, 1.54) is 12.0 Å². The average Bonchev–Trinajstić information content (AvgIpc) is 3.04. The molecule has 7 heteroatoms. The summed E-state index contributed by atoms with van der Waals surface area (Å²) in [4.78, 5) is 26.3. The molecule has 3 rings (SSSR count). The number of ether oxygens (including phenoxy) is 3. The highest BCUT2D eigenvalue weighted by Crippen LogP contribution is 2.37. The van der Waals surface area contributed by atoms with E-state index in [-0.39, 0.29) is 17.7 Å². The van der Waals surface area contributed by atoms with Crippen molar-refractivity contribution < 1.29 is 23.8 Å². The summed E-state index contributed by atoms with van der Waals surface area (Å²) in [7, 11) is 3.11. The molecule has 2 aromatic carbocycles. The largest absolute Gasteiger partial charge is 0.493 e. The number of allylic oxidation sites excluding steroid dienone is 1. The van der Waals surface area contributed by atoms with Crippen LogP contribution in [0.1, 0.15) is 16.7 Å². The van der Waals surface area contributed by atoms with Crippen LogP contribution in [0.5, 0.6) is 11.5 Å². The smallest absolute Gasteiger partial charge is 0.293 e. The SMILES string of the molecule is C=CCc1cc(/C=C2/SC(=O)N(CCOC)C2=O)cc(OC)c1OCc1ccccc1. The monoisotopic (exact) mass is 439 g/mol. The van der Waals surface area contributed by atoms with Crippen molar-refractivity contribution in [3.8, 4) is 11.5 Å². The van der Waals surface area contributed by atoms with Crippen molar-refractivity contribution in [2.75, 3.05) is 27.4 Å². The molecule has 0 N–H and O–H groups in total. The van der Waals surface area contributed by atoms with Gasteiger partial charge in [0.05, 0.1) is 25.2 Å². The molecule has 162 valence electrons. The molecule has 0 atom stereocenters. The minimum Gasteiger partial charge on any atom is -0.493 e. The van der Waals surface area contributed by atoms with Gasteiger partial charge in [-0.05, 0) is 47.5 Å². The van der Waals surface area contributed by atoms with Crippen molar-refractivity contribution in [3.63, 3.8) is 0 Å². The van der Waals surface area contributed by atoms with Crippen LogP contribution in [0.4, 0.5) is 4.79 Å². The number of hydrogen-bond donors (Lipinski definition) is 0. The maximum Gasteiger partial charge on any atom is 0.293 e. The lowest BCUT2D eigenvalue weighted by Gasteiger charge is -2.16. The second-order valence-corrected chi connectivity index (χ2v) is 7.80. The first kappa shape index (κ1) is 22.7. The number of nitrogens with zero attached hydrogens (tertiary/aromatic N) is 1. The molecule has 0 bridgehead atoms. The van der Waals surface area contributed by atoms with Crippen molar-refractivity contribution >= 4 is 29.0 Å². The van der Waals surface area contributed by atoms with E-state index >= 15 is 0 Å². The molecule has 0 aromatic heterocycles. The van der Waals surface area contributed by atoms with Gasteiger partial charge in [-0.3, -0.25) is 14.5 Å². The highest BCUT2D eigenvalue weighted by Gasteiger charge is 2.34. The van der Waals surface area contributed by atoms with E-state index in [1.807, 2.05) is 36.4 Å². The normalized spacial score (nSPS) is 14.9. The van der Waals surface area contributed by atoms with Crippen molar-refractivity contribution in [1.82, 2.24) is 4.90 Å². The molecule has 1 saturated heterocycles. The Kier molecular flexibility index (Phi) is 7.92. The Balaban J connectivity index is 1.89. The molecule has 0 aliphatic carbocycles. The van der Waals surface area contributed by atoms with Crippen molar-refractivity contribution in [1.29, 1.82) is 0 Å². The Hall–Kier alpha value is -3.03. The van der Waals surface area contributed by atoms with E-state index in [0.717, 1.165) is 28.5 Å². The summed E-state index contributed by atoms with van der Waals surface area (Å²) in [6.07, 6.45) is 4.05. The van der Waals surface area contributed by atoms with Crippen molar-refractivity contribution in [3.05, 3.63) is 76.7 Å². The van der Waals surface area contributed by atoms with Crippen LogP contribution in [-0.4, -0.2) is 43.4 Å². The average molecular weight is 440 g/mol. The summed E-state index contributed by atoms with van der Waals surface area (Å²) >= 11 is 0.922. The van der Waals surface area contributed by atoms with E-state index in [2.05, 4.69) is 6.58 Å². The summed E-state index contributed by atoms with van der Waals surface area (Å²) in [5, 5.41) is -0.297. The fourth-order valence-corrected chi connectivity index (χ4v) is 4.01. The van der Waals surface area contributed by atoms with Gasteiger partial charge in [0, 0.05) is 12.7 Å². The zero-order valence-electron chi connectivity index (χ0n) is 17.6. The van der Waals surface area contributed by atoms with E-state index in [4.69, 9.17) is 14.2 Å². The fourth-order valence-electron chi connectivity index (χ4n) is 3.15. The van der Waals surface area contributed by atoms with Crippen LogP contribution in [0.2, 0.25) is 0 Å². The first-order chi connectivity index (χ1) is 15.1. The Morgan fingerprint density at radius 3 is 2.58 bits per heavy atom. The molecule has 0 unspecified atom stereocenters. The maximum atomic E-state index is 12.6. The third kappa shape index (κ3) is 5.57. The van der Waals surface area contributed by atoms with E-state index < -0.39 is 0 Å². The third-order valence-electron chi connectivity index (χ3n) is 4.65. The van der Waals surface area contributed by atoms with Crippen LogP contribution >= 0.6 is 11.8 Å². The van der Waals surface area contributed by atoms with E-state index in [9.17, 15) is 9.59 Å². The van der Waals surface area contributed by atoms with Crippen molar-refractivity contribution in [2.45, 2.75) is 13.0 Å². The Morgan fingerprint density at radius 1 is 1.13 bits per heavy atom. The second kappa shape index (κ2) is 10.8. The number of imide groups is 1. The summed E-state index contributed by atoms with van der Waals surface area (Å²) in [6, 6.07) is 13.6. The molecule has 1 fully saturated rings. The maximum absolute atomic E-state index is 12.6. The Morgan fingerprint density at radius 2 is 1.90 bits per heavy atom. The van der Waals surface area contributed by atoms with Gasteiger partial charge in [-0.25, -0.2) is 0 Å². The molecule has 0 radical (unpaired) electrons. The van der Waals surface area contributed by atoms with Gasteiger partial charge < -0.3 is 14.2 Å². The molecular formula is C24H25NO5S. The molecule has 2 aromatic rings. The predicted octanol–water partition coefficient (Wildman–Crippen LogP) is 4.69. The van der Waals surface area contributed by atoms with Crippen LogP contribution < -0.4 is 9.47 Å². The van der Waals surface area contributed by atoms with Gasteiger partial charge in [0.1, 0.15) is 6.61 Å². The number of rotatable bonds is 10. The number of hydrogen-bond acceptors (Lipinski definition) is 6. The zero-order chi connectivity index (χ0) is 22.2. The van der Waals surface area contributed by atoms with Crippen LogP contribution in [0.3, 0.4) is 0 Å². The van der Waals surface area contributed by atoms with E-state index in [1.54, 1.807) is 25.3 Å². The standard InChI is InChI=1S/C24H25NO5S/c1-4-8-19-13-18(15-21-23(26)25(11-12-28-2)24(27)31-21)14-20(29-3)22(19)30-16-17-9-6-5-7-10-17/h4-7,9-10,13-15H,1,8,11-12,16H2,2-3H3/b21-15+. The minimum absolute atomic E-state index is 0.232. The van der Waals surface area contributed by atoms with Gasteiger partial charge in [0.25, 0.3) is 11.1 Å². The first-order valence-electron chi connectivity index (χ1n) is 9.80. The van der Waals surface area contributed by atoms with Crippen LogP contribution in [0.15, 0.2) is 60.0 Å². The number of benzene rings is 2. The molecule has 1 aliphatic rings. The molecule has 0 saturated carbocycles. The number of carbonyl (C=O) groups is 2. The molecule has 2 amide bonds. The van der Waals surface area contributed by atoms with Crippen molar-refractivity contribution in [2.24, 2.45) is 0 Å². The lowest BCUT2D eigenvalue weighted by Crippen LogP contribution is -2.31. The van der Waals surface area contributed by atoms with Gasteiger partial charge in [-0.1, -0.05) is 36.4 Å². The Labute approximate surface area is 186 Å². The summed E-state index contributed by atoms with van der Waals surface area (Å²) in [6.45, 7) is 4.77. The zero-order valence-corrected chi connectivity index (χ0v) is 18.4. The highest BCUT2D eigenvalue weighted by atomic mass is 32.2. The summed E-state index contributed by atoms with van der Waals surface area (Å²) < 4.78 is 16.6. The van der Waals surface area contributed by atoms with Crippen LogP contribution in [-0.2, 0) is 22.6 Å². The van der Waals surface area contributed by atoms with E-state index in [0.29, 0.717) is 36.0 Å². The lowest BCUT2D eigenvalue weighted by molar-refractivity contribution is -0.123. The molecule has 1 aliphatic heterocycles. The molecular weight excluding hydrogens is 414 g/mol. The fraction of sp³-hybridized carbons (Fsp3) is 0.250.